The SMILES string of the molecule is CC[C@@H]1OC(=O)[C@H](C)[C@H](O)[C@H](C)[C@@H](O[C@@H]2O[C@H](C)C[C@@H](N(C)C)[C@H]2O)[C@@](C)(O)C[C@@H](C)[C@H](O)[C@H](C)[C@@H](O)[C@]1(C)O. The van der Waals surface area contributed by atoms with Crippen LogP contribution in [0.4, 0.5) is 0 Å². The van der Waals surface area contributed by atoms with Gasteiger partial charge in [0, 0.05) is 17.9 Å². The van der Waals surface area contributed by atoms with Gasteiger partial charge in [0.2, 0.25) is 0 Å². The summed E-state index contributed by atoms with van der Waals surface area (Å²) < 4.78 is 17.9. The van der Waals surface area contributed by atoms with Crippen LogP contribution in [-0.2, 0) is 19.0 Å². The minimum atomic E-state index is -1.88. The molecule has 236 valence electrons. The molecule has 2 saturated heterocycles. The Morgan fingerprint density at radius 2 is 1.52 bits per heavy atom. The third-order valence-corrected chi connectivity index (χ3v) is 9.31. The number of ether oxygens (including phenoxy) is 3. The number of aliphatic hydroxyl groups excluding tert-OH is 4. The number of carbonyl (C=O) groups is 1. The molecule has 2 aliphatic heterocycles. The van der Waals surface area contributed by atoms with Gasteiger partial charge in [-0.25, -0.2) is 0 Å². The van der Waals surface area contributed by atoms with Gasteiger partial charge in [-0.2, -0.15) is 0 Å². The van der Waals surface area contributed by atoms with Gasteiger partial charge in [0.05, 0.1) is 42.0 Å². The van der Waals surface area contributed by atoms with Crippen LogP contribution < -0.4 is 0 Å². The van der Waals surface area contributed by atoms with Crippen molar-refractivity contribution in [1.82, 2.24) is 4.90 Å². The molecule has 0 unspecified atom stereocenters. The fourth-order valence-electron chi connectivity index (χ4n) is 6.59. The molecule has 0 saturated carbocycles. The molecule has 0 aromatic heterocycles. The highest BCUT2D eigenvalue weighted by Gasteiger charge is 2.51. The zero-order valence-electron chi connectivity index (χ0n) is 25.9. The van der Waals surface area contributed by atoms with Gasteiger partial charge in [0.1, 0.15) is 17.8 Å². The molecule has 0 aromatic rings. The fraction of sp³-hybridized carbons (Fsp3) is 0.966. The Kier molecular flexibility index (Phi) is 12.0. The van der Waals surface area contributed by atoms with Gasteiger partial charge >= 0.3 is 5.97 Å². The molecule has 0 bridgehead atoms. The van der Waals surface area contributed by atoms with E-state index in [-0.39, 0.29) is 25.0 Å². The molecule has 2 rings (SSSR count). The van der Waals surface area contributed by atoms with E-state index in [9.17, 15) is 35.4 Å². The molecule has 2 fully saturated rings. The minimum absolute atomic E-state index is 0.0133. The average Bonchev–Trinajstić information content (AvgIpc) is 2.87. The van der Waals surface area contributed by atoms with Crippen LogP contribution in [0.2, 0.25) is 0 Å². The van der Waals surface area contributed by atoms with Crippen molar-refractivity contribution in [3.63, 3.8) is 0 Å². The van der Waals surface area contributed by atoms with Gasteiger partial charge in [-0.05, 0) is 67.0 Å². The highest BCUT2D eigenvalue weighted by atomic mass is 16.7. The molecule has 2 aliphatic rings. The largest absolute Gasteiger partial charge is 0.459 e. The van der Waals surface area contributed by atoms with Gasteiger partial charge in [-0.3, -0.25) is 4.79 Å². The maximum atomic E-state index is 13.2. The molecule has 6 N–H and O–H groups in total. The first-order chi connectivity index (χ1) is 18.3. The summed E-state index contributed by atoms with van der Waals surface area (Å²) in [5.74, 6) is -4.14. The Bertz CT molecular complexity index is 823. The van der Waals surface area contributed by atoms with Crippen molar-refractivity contribution in [1.29, 1.82) is 0 Å². The number of rotatable bonds is 4. The van der Waals surface area contributed by atoms with E-state index in [0.717, 1.165) is 0 Å². The van der Waals surface area contributed by atoms with Gasteiger partial charge < -0.3 is 49.7 Å². The van der Waals surface area contributed by atoms with Crippen molar-refractivity contribution < 1.29 is 49.6 Å². The van der Waals surface area contributed by atoms with Crippen molar-refractivity contribution >= 4 is 5.97 Å². The Morgan fingerprint density at radius 3 is 2.05 bits per heavy atom. The Labute approximate surface area is 239 Å². The lowest BCUT2D eigenvalue weighted by molar-refractivity contribution is -0.300. The van der Waals surface area contributed by atoms with Crippen LogP contribution in [0, 0.1) is 23.7 Å². The smallest absolute Gasteiger partial charge is 0.311 e. The predicted octanol–water partition coefficient (Wildman–Crippen LogP) is 0.652. The molecule has 11 heteroatoms. The quantitative estimate of drug-likeness (QED) is 0.259. The normalized spacial score (nSPS) is 50.3. The molecule has 0 radical (unpaired) electrons. The van der Waals surface area contributed by atoms with E-state index >= 15 is 0 Å². The first kappa shape index (κ1) is 35.3. The predicted molar refractivity (Wildman–Crippen MR) is 148 cm³/mol. The highest BCUT2D eigenvalue weighted by Crippen LogP contribution is 2.38. The molecule has 2 heterocycles. The topological polar surface area (TPSA) is 169 Å². The van der Waals surface area contributed by atoms with E-state index in [1.54, 1.807) is 27.7 Å². The van der Waals surface area contributed by atoms with Crippen LogP contribution in [0.15, 0.2) is 0 Å². The van der Waals surface area contributed by atoms with Crippen LogP contribution in [0.3, 0.4) is 0 Å². The number of hydrogen-bond donors (Lipinski definition) is 6. The number of esters is 1. The molecule has 0 amide bonds. The Morgan fingerprint density at radius 1 is 0.950 bits per heavy atom. The summed E-state index contributed by atoms with van der Waals surface area (Å²) in [5, 5.41) is 67.8. The summed E-state index contributed by atoms with van der Waals surface area (Å²) >= 11 is 0. The third kappa shape index (κ3) is 7.54. The summed E-state index contributed by atoms with van der Waals surface area (Å²) in [5.41, 5.74) is -3.56. The minimum Gasteiger partial charge on any atom is -0.459 e. The van der Waals surface area contributed by atoms with Gasteiger partial charge in [0.15, 0.2) is 6.29 Å². The van der Waals surface area contributed by atoms with E-state index < -0.39 is 83.8 Å². The van der Waals surface area contributed by atoms with Crippen LogP contribution >= 0.6 is 0 Å². The molecule has 0 spiro atoms. The number of carbonyl (C=O) groups excluding carboxylic acids is 1. The monoisotopic (exact) mass is 577 g/mol. The Balaban J connectivity index is 2.54. The lowest BCUT2D eigenvalue weighted by Gasteiger charge is -2.47. The Hall–Kier alpha value is -0.890. The molecule has 11 nitrogen and oxygen atoms in total. The third-order valence-electron chi connectivity index (χ3n) is 9.31. The second kappa shape index (κ2) is 13.6. The molecule has 15 atom stereocenters. The average molecular weight is 578 g/mol. The molecular weight excluding hydrogens is 522 g/mol. The van der Waals surface area contributed by atoms with Crippen LogP contribution in [0.5, 0.6) is 0 Å². The number of cyclic esters (lactones) is 1. The molecular formula is C29H55NO10. The number of likely N-dealkylation sites (N-methyl/N-ethyl adjacent to an activating group) is 1. The lowest BCUT2D eigenvalue weighted by atomic mass is 9.73. The van der Waals surface area contributed by atoms with Crippen LogP contribution in [-0.4, -0.2) is 122 Å². The van der Waals surface area contributed by atoms with E-state index in [1.165, 1.54) is 20.8 Å². The van der Waals surface area contributed by atoms with E-state index in [0.29, 0.717) is 6.42 Å². The van der Waals surface area contributed by atoms with Crippen molar-refractivity contribution in [2.24, 2.45) is 23.7 Å². The first-order valence-corrected chi connectivity index (χ1v) is 14.6. The van der Waals surface area contributed by atoms with Crippen molar-refractivity contribution in [3.05, 3.63) is 0 Å². The van der Waals surface area contributed by atoms with Crippen molar-refractivity contribution in [3.8, 4) is 0 Å². The van der Waals surface area contributed by atoms with Crippen LogP contribution in [0.25, 0.3) is 0 Å². The number of aliphatic hydroxyl groups is 6. The zero-order chi connectivity index (χ0) is 30.9. The maximum absolute atomic E-state index is 13.2. The van der Waals surface area contributed by atoms with E-state index in [1.807, 2.05) is 25.9 Å². The highest BCUT2D eigenvalue weighted by molar-refractivity contribution is 5.73. The second-order valence-electron chi connectivity index (χ2n) is 13.2. The fourth-order valence-corrected chi connectivity index (χ4v) is 6.59. The van der Waals surface area contributed by atoms with Gasteiger partial charge in [-0.1, -0.05) is 27.7 Å². The van der Waals surface area contributed by atoms with E-state index in [2.05, 4.69) is 0 Å². The summed E-state index contributed by atoms with van der Waals surface area (Å²) in [6, 6.07) is -0.270. The second-order valence-corrected chi connectivity index (χ2v) is 13.2. The van der Waals surface area contributed by atoms with Crippen LogP contribution in [0.1, 0.15) is 74.7 Å². The maximum Gasteiger partial charge on any atom is 0.311 e. The molecule has 0 aliphatic carbocycles. The standard InChI is InChI=1S/C29H55NO10/c1-11-20-29(8,37)24(34)16(4)21(31)14(2)13-28(7,36)25(17(5)22(32)18(6)26(35)39-20)40-27-23(33)19(30(9)10)12-15(3)38-27/h14-25,27,31-34,36-37H,11-13H2,1-10H3/t14-,15-,16+,17+,18-,19-,20+,21+,22-,23-,24-,25-,27+,28+,29-/m1/s1. The van der Waals surface area contributed by atoms with Crippen molar-refractivity contribution in [2.75, 3.05) is 14.1 Å². The van der Waals surface area contributed by atoms with E-state index in [4.69, 9.17) is 14.2 Å². The van der Waals surface area contributed by atoms with Gasteiger partial charge in [0.25, 0.3) is 0 Å². The number of hydrogen-bond acceptors (Lipinski definition) is 11. The summed E-state index contributed by atoms with van der Waals surface area (Å²) in [4.78, 5) is 15.1. The summed E-state index contributed by atoms with van der Waals surface area (Å²) in [6.07, 6.45) is -7.86. The first-order valence-electron chi connectivity index (χ1n) is 14.6. The van der Waals surface area contributed by atoms with Crippen molar-refractivity contribution in [2.45, 2.75) is 141 Å². The lowest BCUT2D eigenvalue weighted by Crippen LogP contribution is -2.60. The number of nitrogens with zero attached hydrogens (tertiary/aromatic N) is 1. The zero-order valence-corrected chi connectivity index (χ0v) is 25.9. The van der Waals surface area contributed by atoms with Gasteiger partial charge in [-0.15, -0.1) is 0 Å². The molecule has 0 aromatic carbocycles. The molecule has 40 heavy (non-hydrogen) atoms. The summed E-state index contributed by atoms with van der Waals surface area (Å²) in [6.45, 7) is 12.9. The summed E-state index contributed by atoms with van der Waals surface area (Å²) in [7, 11) is 3.69.